The molecule has 0 heterocycles. The van der Waals surface area contributed by atoms with E-state index in [2.05, 4.69) is 24.4 Å². The summed E-state index contributed by atoms with van der Waals surface area (Å²) in [6.07, 6.45) is 6.41. The zero-order valence-corrected chi connectivity index (χ0v) is 15.1. The fraction of sp³-hybridized carbons (Fsp3) is 0.700. The largest absolute Gasteiger partial charge is 0.493 e. The molecule has 0 amide bonds. The van der Waals surface area contributed by atoms with Crippen LogP contribution in [0.15, 0.2) is 24.3 Å². The molecule has 134 valence electrons. The van der Waals surface area contributed by atoms with Gasteiger partial charge in [0.25, 0.3) is 0 Å². The zero-order valence-electron chi connectivity index (χ0n) is 15.1. The molecule has 0 spiro atoms. The highest BCUT2D eigenvalue weighted by molar-refractivity contribution is 5.28. The third-order valence-corrected chi connectivity index (χ3v) is 5.94. The second-order valence-electron chi connectivity index (χ2n) is 7.97. The number of ether oxygens (including phenoxy) is 2. The van der Waals surface area contributed by atoms with Crippen LogP contribution in [0.5, 0.6) is 5.75 Å². The van der Waals surface area contributed by atoms with Crippen molar-refractivity contribution in [3.05, 3.63) is 29.8 Å². The topological polar surface area (TPSA) is 56.5 Å². The van der Waals surface area contributed by atoms with E-state index in [0.29, 0.717) is 13.2 Å². The third-order valence-electron chi connectivity index (χ3n) is 5.94. The van der Waals surface area contributed by atoms with Gasteiger partial charge >= 0.3 is 0 Å². The molecule has 0 bridgehead atoms. The molecule has 4 nitrogen and oxygen atoms in total. The van der Waals surface area contributed by atoms with Gasteiger partial charge < -0.3 is 20.5 Å². The minimum Gasteiger partial charge on any atom is -0.493 e. The van der Waals surface area contributed by atoms with Gasteiger partial charge in [-0.2, -0.15) is 0 Å². The molecule has 2 fully saturated rings. The summed E-state index contributed by atoms with van der Waals surface area (Å²) in [6.45, 7) is 5.41. The van der Waals surface area contributed by atoms with Gasteiger partial charge in [0.2, 0.25) is 0 Å². The van der Waals surface area contributed by atoms with Gasteiger partial charge in [-0.1, -0.05) is 18.6 Å². The van der Waals surface area contributed by atoms with Crippen LogP contribution in [0, 0.1) is 11.3 Å². The van der Waals surface area contributed by atoms with Gasteiger partial charge in [0.05, 0.1) is 13.2 Å². The lowest BCUT2D eigenvalue weighted by Gasteiger charge is -2.44. The first-order valence-corrected chi connectivity index (χ1v) is 9.25. The van der Waals surface area contributed by atoms with E-state index >= 15 is 0 Å². The van der Waals surface area contributed by atoms with Crippen molar-refractivity contribution in [2.24, 2.45) is 17.1 Å². The molecule has 0 aromatic heterocycles. The molecular formula is C20H32N2O2. The maximum atomic E-state index is 6.15. The monoisotopic (exact) mass is 332 g/mol. The predicted octanol–water partition coefficient (Wildman–Crippen LogP) is 3.10. The van der Waals surface area contributed by atoms with Crippen LogP contribution in [0.1, 0.15) is 44.6 Å². The Morgan fingerprint density at radius 1 is 1.33 bits per heavy atom. The molecule has 24 heavy (non-hydrogen) atoms. The number of hydrogen-bond donors (Lipinski definition) is 2. The van der Waals surface area contributed by atoms with E-state index in [1.165, 1.54) is 32.1 Å². The molecule has 3 rings (SSSR count). The van der Waals surface area contributed by atoms with E-state index in [1.54, 1.807) is 7.11 Å². The molecule has 2 aliphatic carbocycles. The highest BCUT2D eigenvalue weighted by Gasteiger charge is 2.44. The van der Waals surface area contributed by atoms with Crippen LogP contribution in [0.4, 0.5) is 0 Å². The van der Waals surface area contributed by atoms with Crippen LogP contribution in [-0.4, -0.2) is 32.3 Å². The van der Waals surface area contributed by atoms with E-state index in [0.717, 1.165) is 30.4 Å². The maximum absolute atomic E-state index is 6.15. The summed E-state index contributed by atoms with van der Waals surface area (Å²) < 4.78 is 11.3. The maximum Gasteiger partial charge on any atom is 0.119 e. The Bertz CT molecular complexity index is 540. The van der Waals surface area contributed by atoms with Gasteiger partial charge in [0.15, 0.2) is 0 Å². The number of hydrogen-bond acceptors (Lipinski definition) is 4. The average molecular weight is 332 g/mol. The van der Waals surface area contributed by atoms with Crippen LogP contribution in [-0.2, 0) is 11.3 Å². The highest BCUT2D eigenvalue weighted by Crippen LogP contribution is 2.43. The standard InChI is InChI=1S/C20H32N2O2/c1-19(13-21,17-7-8-17)22-14-20(9-4-10-20)15-24-18-6-3-5-16(11-18)12-23-2/h3,5-6,11,17,22H,4,7-10,12-15,21H2,1-2H3. The summed E-state index contributed by atoms with van der Waals surface area (Å²) in [7, 11) is 1.72. The van der Waals surface area contributed by atoms with Gasteiger partial charge in [-0.05, 0) is 56.2 Å². The number of rotatable bonds is 10. The minimum absolute atomic E-state index is 0.0982. The smallest absolute Gasteiger partial charge is 0.119 e. The quantitative estimate of drug-likeness (QED) is 0.691. The molecule has 1 aromatic carbocycles. The van der Waals surface area contributed by atoms with Crippen LogP contribution in [0.3, 0.4) is 0 Å². The summed E-state index contributed by atoms with van der Waals surface area (Å²) >= 11 is 0. The lowest BCUT2D eigenvalue weighted by molar-refractivity contribution is 0.0474. The van der Waals surface area contributed by atoms with Crippen molar-refractivity contribution >= 4 is 0 Å². The molecule has 3 N–H and O–H groups in total. The van der Waals surface area contributed by atoms with Gasteiger partial charge in [-0.3, -0.25) is 0 Å². The van der Waals surface area contributed by atoms with Crippen molar-refractivity contribution in [3.63, 3.8) is 0 Å². The Labute approximate surface area is 146 Å². The highest BCUT2D eigenvalue weighted by atomic mass is 16.5. The van der Waals surface area contributed by atoms with Crippen molar-refractivity contribution in [1.29, 1.82) is 0 Å². The zero-order chi connectivity index (χ0) is 17.0. The molecular weight excluding hydrogens is 300 g/mol. The molecule has 1 atom stereocenters. The Morgan fingerprint density at radius 3 is 2.71 bits per heavy atom. The average Bonchev–Trinajstić information content (AvgIpc) is 3.39. The van der Waals surface area contributed by atoms with Crippen molar-refractivity contribution in [2.45, 2.75) is 51.2 Å². The molecule has 0 aliphatic heterocycles. The first kappa shape index (κ1) is 17.7. The Morgan fingerprint density at radius 2 is 2.12 bits per heavy atom. The lowest BCUT2D eigenvalue weighted by atomic mass is 9.69. The molecule has 0 radical (unpaired) electrons. The number of nitrogens with one attached hydrogen (secondary N) is 1. The molecule has 1 aromatic rings. The number of methoxy groups -OCH3 is 1. The van der Waals surface area contributed by atoms with Gasteiger partial charge in [-0.25, -0.2) is 0 Å². The van der Waals surface area contributed by atoms with E-state index < -0.39 is 0 Å². The van der Waals surface area contributed by atoms with Gasteiger partial charge in [0.1, 0.15) is 5.75 Å². The SMILES string of the molecule is COCc1cccc(OCC2(CNC(C)(CN)C3CC3)CCC2)c1. The van der Waals surface area contributed by atoms with Crippen LogP contribution in [0.25, 0.3) is 0 Å². The fourth-order valence-corrected chi connectivity index (χ4v) is 3.67. The van der Waals surface area contributed by atoms with Crippen molar-refractivity contribution in [2.75, 3.05) is 26.8 Å². The van der Waals surface area contributed by atoms with E-state index in [-0.39, 0.29) is 11.0 Å². The normalized spacial score (nSPS) is 21.8. The lowest BCUT2D eigenvalue weighted by Crippen LogP contribution is -2.56. The van der Waals surface area contributed by atoms with Crippen LogP contribution in [0.2, 0.25) is 0 Å². The molecule has 4 heteroatoms. The number of nitrogens with two attached hydrogens (primary N) is 1. The Hall–Kier alpha value is -1.10. The molecule has 1 unspecified atom stereocenters. The summed E-state index contributed by atoms with van der Waals surface area (Å²) in [4.78, 5) is 0. The van der Waals surface area contributed by atoms with Crippen LogP contribution >= 0.6 is 0 Å². The van der Waals surface area contributed by atoms with Crippen LogP contribution < -0.4 is 15.8 Å². The summed E-state index contributed by atoms with van der Waals surface area (Å²) in [5, 5.41) is 3.79. The summed E-state index contributed by atoms with van der Waals surface area (Å²) in [6, 6.07) is 8.22. The summed E-state index contributed by atoms with van der Waals surface area (Å²) in [5.74, 6) is 1.70. The van der Waals surface area contributed by atoms with Crippen molar-refractivity contribution in [3.8, 4) is 5.75 Å². The van der Waals surface area contributed by atoms with E-state index in [1.807, 2.05) is 12.1 Å². The number of benzene rings is 1. The predicted molar refractivity (Wildman–Crippen MR) is 97.1 cm³/mol. The molecule has 2 aliphatic rings. The van der Waals surface area contributed by atoms with E-state index in [9.17, 15) is 0 Å². The van der Waals surface area contributed by atoms with E-state index in [4.69, 9.17) is 15.2 Å². The minimum atomic E-state index is 0.0982. The van der Waals surface area contributed by atoms with Gasteiger partial charge in [0, 0.05) is 31.2 Å². The molecule has 2 saturated carbocycles. The second kappa shape index (κ2) is 7.42. The Kier molecular flexibility index (Phi) is 5.48. The fourth-order valence-electron chi connectivity index (χ4n) is 3.67. The first-order valence-electron chi connectivity index (χ1n) is 9.25. The summed E-state index contributed by atoms with van der Waals surface area (Å²) in [5.41, 5.74) is 7.56. The third kappa shape index (κ3) is 4.11. The first-order chi connectivity index (χ1) is 11.6. The second-order valence-corrected chi connectivity index (χ2v) is 7.97. The van der Waals surface area contributed by atoms with Crippen molar-refractivity contribution in [1.82, 2.24) is 5.32 Å². The van der Waals surface area contributed by atoms with Crippen molar-refractivity contribution < 1.29 is 9.47 Å². The Balaban J connectivity index is 1.55. The molecule has 0 saturated heterocycles. The van der Waals surface area contributed by atoms with Gasteiger partial charge in [-0.15, -0.1) is 0 Å².